The van der Waals surface area contributed by atoms with Crippen molar-refractivity contribution >= 4 is 16.9 Å². The third kappa shape index (κ3) is 2.18. The van der Waals surface area contributed by atoms with Crippen LogP contribution in [0.15, 0.2) is 23.1 Å². The van der Waals surface area contributed by atoms with Crippen molar-refractivity contribution in [1.82, 2.24) is 4.57 Å². The first-order valence-electron chi connectivity index (χ1n) is 7.07. The van der Waals surface area contributed by atoms with E-state index in [0.717, 1.165) is 30.5 Å². The largest absolute Gasteiger partial charge is 0.497 e. The van der Waals surface area contributed by atoms with Crippen LogP contribution in [-0.2, 0) is 17.7 Å². The molecule has 0 saturated carbocycles. The maximum atomic E-state index is 12.6. The first-order valence-corrected chi connectivity index (χ1v) is 7.07. The topological polar surface area (TPSA) is 57.5 Å². The Balaban J connectivity index is 2.33. The minimum absolute atomic E-state index is 0.0884. The summed E-state index contributed by atoms with van der Waals surface area (Å²) in [5, 5.41) is 0.523. The molecule has 0 aliphatic carbocycles. The van der Waals surface area contributed by atoms with Gasteiger partial charge in [-0.3, -0.25) is 4.79 Å². The molecular weight excluding hydrogens is 270 g/mol. The number of methoxy groups -OCH3 is 1. The smallest absolute Gasteiger partial charge is 0.343 e. The lowest BCUT2D eigenvalue weighted by molar-refractivity contribution is 0.0524. The van der Waals surface area contributed by atoms with Crippen LogP contribution in [0, 0.1) is 0 Å². The van der Waals surface area contributed by atoms with Crippen molar-refractivity contribution in [2.45, 2.75) is 26.3 Å². The van der Waals surface area contributed by atoms with Gasteiger partial charge in [0.25, 0.3) is 0 Å². The molecule has 1 aliphatic heterocycles. The van der Waals surface area contributed by atoms with Crippen molar-refractivity contribution in [3.63, 3.8) is 0 Å². The average molecular weight is 287 g/mol. The van der Waals surface area contributed by atoms with Crippen molar-refractivity contribution in [1.29, 1.82) is 0 Å². The van der Waals surface area contributed by atoms with Crippen LogP contribution in [0.2, 0.25) is 0 Å². The summed E-state index contributed by atoms with van der Waals surface area (Å²) in [5.41, 5.74) is 1.79. The molecule has 0 amide bonds. The zero-order valence-electron chi connectivity index (χ0n) is 12.1. The third-order valence-electron chi connectivity index (χ3n) is 3.80. The van der Waals surface area contributed by atoms with Crippen LogP contribution in [0.25, 0.3) is 10.9 Å². The number of benzene rings is 1. The number of carbonyl (C=O) groups is 1. The van der Waals surface area contributed by atoms with E-state index in [4.69, 9.17) is 9.47 Å². The van der Waals surface area contributed by atoms with Crippen molar-refractivity contribution in [3.05, 3.63) is 39.7 Å². The van der Waals surface area contributed by atoms with E-state index in [0.29, 0.717) is 11.1 Å². The normalized spacial score (nSPS) is 13.2. The lowest BCUT2D eigenvalue weighted by atomic mass is 9.99. The van der Waals surface area contributed by atoms with Gasteiger partial charge in [0.2, 0.25) is 5.43 Å². The van der Waals surface area contributed by atoms with E-state index < -0.39 is 5.97 Å². The number of hydrogen-bond acceptors (Lipinski definition) is 4. The molecule has 3 rings (SSSR count). The molecule has 5 heteroatoms. The average Bonchev–Trinajstić information content (AvgIpc) is 2.50. The number of aromatic nitrogens is 1. The molecule has 1 aliphatic rings. The first-order chi connectivity index (χ1) is 10.2. The Morgan fingerprint density at radius 1 is 1.38 bits per heavy atom. The van der Waals surface area contributed by atoms with Crippen molar-refractivity contribution in [2.75, 3.05) is 13.7 Å². The van der Waals surface area contributed by atoms with Crippen LogP contribution in [0.3, 0.4) is 0 Å². The molecule has 1 aromatic heterocycles. The van der Waals surface area contributed by atoms with E-state index in [-0.39, 0.29) is 17.6 Å². The lowest BCUT2D eigenvalue weighted by Crippen LogP contribution is -2.23. The molecule has 0 unspecified atom stereocenters. The molecule has 0 saturated heterocycles. The Morgan fingerprint density at radius 2 is 2.19 bits per heavy atom. The van der Waals surface area contributed by atoms with Crippen LogP contribution in [0.1, 0.15) is 29.3 Å². The molecule has 2 aromatic rings. The Kier molecular flexibility index (Phi) is 3.41. The summed E-state index contributed by atoms with van der Waals surface area (Å²) in [6.45, 7) is 2.77. The summed E-state index contributed by atoms with van der Waals surface area (Å²) in [5.74, 6) is 0.0761. The highest BCUT2D eigenvalue weighted by atomic mass is 16.5. The Bertz CT molecular complexity index is 776. The molecule has 0 bridgehead atoms. The summed E-state index contributed by atoms with van der Waals surface area (Å²) >= 11 is 0. The SMILES string of the molecule is CCOC(=O)c1cn2c3c(cc(OC)cc3c1=O)CCC2. The molecule has 2 heterocycles. The number of pyridine rings is 1. The van der Waals surface area contributed by atoms with E-state index in [9.17, 15) is 9.59 Å². The number of carbonyl (C=O) groups excluding carboxylic acids is 1. The van der Waals surface area contributed by atoms with Gasteiger partial charge >= 0.3 is 5.97 Å². The van der Waals surface area contributed by atoms with Crippen molar-refractivity contribution < 1.29 is 14.3 Å². The van der Waals surface area contributed by atoms with Gasteiger partial charge in [-0.05, 0) is 37.5 Å². The van der Waals surface area contributed by atoms with Gasteiger partial charge in [0.15, 0.2) is 0 Å². The van der Waals surface area contributed by atoms with E-state index in [1.165, 1.54) is 0 Å². The molecule has 5 nitrogen and oxygen atoms in total. The van der Waals surface area contributed by atoms with Gasteiger partial charge in [0, 0.05) is 12.7 Å². The summed E-state index contributed by atoms with van der Waals surface area (Å²) in [6, 6.07) is 3.66. The van der Waals surface area contributed by atoms with Gasteiger partial charge in [-0.25, -0.2) is 4.79 Å². The van der Waals surface area contributed by atoms with Crippen LogP contribution >= 0.6 is 0 Å². The monoisotopic (exact) mass is 287 g/mol. The standard InChI is InChI=1S/C16H17NO4/c1-3-21-16(19)13-9-17-6-4-5-10-7-11(20-2)8-12(14(10)17)15(13)18/h7-9H,3-6H2,1-2H3. The predicted octanol–water partition coefficient (Wildman–Crippen LogP) is 2.13. The fourth-order valence-corrected chi connectivity index (χ4v) is 2.88. The Hall–Kier alpha value is -2.30. The lowest BCUT2D eigenvalue weighted by Gasteiger charge is -2.21. The summed E-state index contributed by atoms with van der Waals surface area (Å²) in [6.07, 6.45) is 3.50. The zero-order valence-corrected chi connectivity index (χ0v) is 12.1. The van der Waals surface area contributed by atoms with E-state index in [1.807, 2.05) is 10.6 Å². The molecule has 0 radical (unpaired) electrons. The molecule has 0 spiro atoms. The molecule has 110 valence electrons. The first kappa shape index (κ1) is 13.7. The van der Waals surface area contributed by atoms with Crippen LogP contribution in [0.4, 0.5) is 0 Å². The van der Waals surface area contributed by atoms with Gasteiger partial charge in [0.1, 0.15) is 11.3 Å². The highest BCUT2D eigenvalue weighted by molar-refractivity contribution is 5.95. The zero-order chi connectivity index (χ0) is 15.0. The minimum Gasteiger partial charge on any atom is -0.497 e. The minimum atomic E-state index is -0.567. The summed E-state index contributed by atoms with van der Waals surface area (Å²) in [4.78, 5) is 24.6. The van der Waals surface area contributed by atoms with Gasteiger partial charge in [-0.2, -0.15) is 0 Å². The number of rotatable bonds is 3. The number of hydrogen-bond donors (Lipinski definition) is 0. The maximum Gasteiger partial charge on any atom is 0.343 e. The quantitative estimate of drug-likeness (QED) is 0.811. The van der Waals surface area contributed by atoms with E-state index >= 15 is 0 Å². The van der Waals surface area contributed by atoms with Crippen LogP contribution in [-0.4, -0.2) is 24.3 Å². The maximum absolute atomic E-state index is 12.6. The molecule has 0 N–H and O–H groups in total. The Labute approximate surface area is 122 Å². The van der Waals surface area contributed by atoms with Gasteiger partial charge < -0.3 is 14.0 Å². The molecule has 0 fully saturated rings. The highest BCUT2D eigenvalue weighted by Crippen LogP contribution is 2.28. The molecular formula is C16H17NO4. The van der Waals surface area contributed by atoms with Gasteiger partial charge in [0.05, 0.1) is 24.6 Å². The predicted molar refractivity (Wildman–Crippen MR) is 79.0 cm³/mol. The number of esters is 1. The van der Waals surface area contributed by atoms with Gasteiger partial charge in [-0.1, -0.05) is 0 Å². The second-order valence-corrected chi connectivity index (χ2v) is 5.07. The summed E-state index contributed by atoms with van der Waals surface area (Å²) in [7, 11) is 1.57. The third-order valence-corrected chi connectivity index (χ3v) is 3.80. The second kappa shape index (κ2) is 5.24. The summed E-state index contributed by atoms with van der Waals surface area (Å²) < 4.78 is 12.2. The highest BCUT2D eigenvalue weighted by Gasteiger charge is 2.21. The van der Waals surface area contributed by atoms with Crippen molar-refractivity contribution in [2.24, 2.45) is 0 Å². The number of nitrogens with zero attached hydrogens (tertiary/aromatic N) is 1. The molecule has 21 heavy (non-hydrogen) atoms. The molecule has 0 atom stereocenters. The van der Waals surface area contributed by atoms with Crippen LogP contribution < -0.4 is 10.2 Å². The van der Waals surface area contributed by atoms with Crippen molar-refractivity contribution in [3.8, 4) is 5.75 Å². The second-order valence-electron chi connectivity index (χ2n) is 5.07. The van der Waals surface area contributed by atoms with E-state index in [1.54, 1.807) is 26.3 Å². The number of aryl methyl sites for hydroxylation is 2. The van der Waals surface area contributed by atoms with Crippen LogP contribution in [0.5, 0.6) is 5.75 Å². The fourth-order valence-electron chi connectivity index (χ4n) is 2.88. The molecule has 1 aromatic carbocycles. The van der Waals surface area contributed by atoms with Gasteiger partial charge in [-0.15, -0.1) is 0 Å². The Morgan fingerprint density at radius 3 is 2.90 bits per heavy atom. The number of ether oxygens (including phenoxy) is 2. The fraction of sp³-hybridized carbons (Fsp3) is 0.375. The van der Waals surface area contributed by atoms with E-state index in [2.05, 4.69) is 0 Å².